The Morgan fingerprint density at radius 3 is 2.90 bits per heavy atom. The minimum absolute atomic E-state index is 0.0222. The predicted octanol–water partition coefficient (Wildman–Crippen LogP) is 0.870. The maximum absolute atomic E-state index is 11.9. The molecule has 1 heterocycles. The summed E-state index contributed by atoms with van der Waals surface area (Å²) in [5, 5.41) is 6.81. The highest BCUT2D eigenvalue weighted by Crippen LogP contribution is 2.22. The third-order valence-electron chi connectivity index (χ3n) is 3.30. The standard InChI is InChI=1S/C14H20ClN3O2/c1-20-13-3-2-12(15)8-11(13)9-17-14(19)10-18-6-4-16-5-7-18/h2-3,8,16H,4-7,9-10H2,1H3,(H,17,19). The number of carbonyl (C=O) groups excluding carboxylic acids is 1. The van der Waals surface area contributed by atoms with Crippen molar-refractivity contribution < 1.29 is 9.53 Å². The van der Waals surface area contributed by atoms with E-state index in [2.05, 4.69) is 15.5 Å². The quantitative estimate of drug-likeness (QED) is 0.847. The lowest BCUT2D eigenvalue weighted by Crippen LogP contribution is -2.47. The molecule has 110 valence electrons. The van der Waals surface area contributed by atoms with Crippen molar-refractivity contribution in [3.05, 3.63) is 28.8 Å². The van der Waals surface area contributed by atoms with Crippen LogP contribution in [-0.4, -0.2) is 50.6 Å². The maximum atomic E-state index is 11.9. The zero-order valence-corrected chi connectivity index (χ0v) is 12.4. The van der Waals surface area contributed by atoms with Gasteiger partial charge in [0, 0.05) is 43.3 Å². The Bertz CT molecular complexity index is 462. The first-order valence-electron chi connectivity index (χ1n) is 6.71. The van der Waals surface area contributed by atoms with E-state index in [0.717, 1.165) is 37.5 Å². The minimum Gasteiger partial charge on any atom is -0.496 e. The topological polar surface area (TPSA) is 53.6 Å². The summed E-state index contributed by atoms with van der Waals surface area (Å²) >= 11 is 5.96. The van der Waals surface area contributed by atoms with E-state index in [1.807, 2.05) is 6.07 Å². The number of methoxy groups -OCH3 is 1. The third-order valence-corrected chi connectivity index (χ3v) is 3.53. The number of ether oxygens (including phenoxy) is 1. The summed E-state index contributed by atoms with van der Waals surface area (Å²) in [5.41, 5.74) is 0.883. The molecule has 5 nitrogen and oxygen atoms in total. The lowest BCUT2D eigenvalue weighted by molar-refractivity contribution is -0.122. The van der Waals surface area contributed by atoms with E-state index in [0.29, 0.717) is 18.1 Å². The van der Waals surface area contributed by atoms with Crippen LogP contribution in [-0.2, 0) is 11.3 Å². The number of benzene rings is 1. The zero-order valence-electron chi connectivity index (χ0n) is 11.6. The largest absolute Gasteiger partial charge is 0.496 e. The van der Waals surface area contributed by atoms with Gasteiger partial charge in [0.05, 0.1) is 13.7 Å². The molecule has 0 aromatic heterocycles. The first-order valence-corrected chi connectivity index (χ1v) is 7.09. The smallest absolute Gasteiger partial charge is 0.234 e. The SMILES string of the molecule is COc1ccc(Cl)cc1CNC(=O)CN1CCNCC1. The fraction of sp³-hybridized carbons (Fsp3) is 0.500. The van der Waals surface area contributed by atoms with E-state index in [9.17, 15) is 4.79 Å². The van der Waals surface area contributed by atoms with Crippen molar-refractivity contribution in [2.75, 3.05) is 39.8 Å². The van der Waals surface area contributed by atoms with Gasteiger partial charge in [0.1, 0.15) is 5.75 Å². The van der Waals surface area contributed by atoms with E-state index in [1.54, 1.807) is 19.2 Å². The van der Waals surface area contributed by atoms with Crippen molar-refractivity contribution in [3.8, 4) is 5.75 Å². The van der Waals surface area contributed by atoms with Crippen molar-refractivity contribution in [3.63, 3.8) is 0 Å². The molecule has 1 aliphatic rings. The number of hydrogen-bond donors (Lipinski definition) is 2. The lowest BCUT2D eigenvalue weighted by atomic mass is 10.2. The normalized spacial score (nSPS) is 15.9. The fourth-order valence-electron chi connectivity index (χ4n) is 2.21. The van der Waals surface area contributed by atoms with Crippen LogP contribution in [0.4, 0.5) is 0 Å². The van der Waals surface area contributed by atoms with Crippen molar-refractivity contribution >= 4 is 17.5 Å². The summed E-state index contributed by atoms with van der Waals surface area (Å²) < 4.78 is 5.25. The summed E-state index contributed by atoms with van der Waals surface area (Å²) in [6.45, 7) is 4.56. The molecule has 1 fully saturated rings. The molecule has 0 spiro atoms. The second-order valence-corrected chi connectivity index (χ2v) is 5.20. The van der Waals surface area contributed by atoms with Crippen LogP contribution in [0.2, 0.25) is 5.02 Å². The Morgan fingerprint density at radius 1 is 1.45 bits per heavy atom. The number of hydrogen-bond acceptors (Lipinski definition) is 4. The van der Waals surface area contributed by atoms with Crippen molar-refractivity contribution in [2.24, 2.45) is 0 Å². The summed E-state index contributed by atoms with van der Waals surface area (Å²) in [5.74, 6) is 0.755. The zero-order chi connectivity index (χ0) is 14.4. The van der Waals surface area contributed by atoms with Gasteiger partial charge >= 0.3 is 0 Å². The summed E-state index contributed by atoms with van der Waals surface area (Å²) in [7, 11) is 1.61. The second-order valence-electron chi connectivity index (χ2n) is 4.76. The number of halogens is 1. The van der Waals surface area contributed by atoms with Crippen LogP contribution in [0.5, 0.6) is 5.75 Å². The Labute approximate surface area is 124 Å². The first-order chi connectivity index (χ1) is 9.69. The van der Waals surface area contributed by atoms with E-state index in [-0.39, 0.29) is 5.91 Å². The van der Waals surface area contributed by atoms with Gasteiger partial charge < -0.3 is 15.4 Å². The van der Waals surface area contributed by atoms with Gasteiger partial charge in [0.15, 0.2) is 0 Å². The van der Waals surface area contributed by atoms with E-state index in [4.69, 9.17) is 16.3 Å². The third kappa shape index (κ3) is 4.37. The summed E-state index contributed by atoms with van der Waals surface area (Å²) in [6, 6.07) is 5.39. The van der Waals surface area contributed by atoms with Crippen molar-refractivity contribution in [1.29, 1.82) is 0 Å². The van der Waals surface area contributed by atoms with Crippen LogP contribution >= 0.6 is 11.6 Å². The van der Waals surface area contributed by atoms with Crippen LogP contribution in [0.1, 0.15) is 5.56 Å². The second kappa shape index (κ2) is 7.47. The van der Waals surface area contributed by atoms with Gasteiger partial charge in [-0.1, -0.05) is 11.6 Å². The van der Waals surface area contributed by atoms with Gasteiger partial charge in [0.2, 0.25) is 5.91 Å². The first kappa shape index (κ1) is 15.1. The molecule has 0 unspecified atom stereocenters. The number of nitrogens with one attached hydrogen (secondary N) is 2. The average Bonchev–Trinajstić information content (AvgIpc) is 2.46. The van der Waals surface area contributed by atoms with E-state index >= 15 is 0 Å². The fourth-order valence-corrected chi connectivity index (χ4v) is 2.40. The molecule has 0 bridgehead atoms. The van der Waals surface area contributed by atoms with Gasteiger partial charge in [0.25, 0.3) is 0 Å². The summed E-state index contributed by atoms with van der Waals surface area (Å²) in [4.78, 5) is 14.1. The monoisotopic (exact) mass is 297 g/mol. The molecule has 0 saturated carbocycles. The molecule has 1 aromatic carbocycles. The van der Waals surface area contributed by atoms with Gasteiger partial charge in [-0.2, -0.15) is 0 Å². The molecule has 6 heteroatoms. The predicted molar refractivity (Wildman–Crippen MR) is 79.2 cm³/mol. The van der Waals surface area contributed by atoms with E-state index < -0.39 is 0 Å². The molecule has 1 aromatic rings. The Kier molecular flexibility index (Phi) is 5.64. The number of carbonyl (C=O) groups is 1. The molecule has 2 N–H and O–H groups in total. The number of rotatable bonds is 5. The van der Waals surface area contributed by atoms with Gasteiger partial charge in [-0.25, -0.2) is 0 Å². The Hall–Kier alpha value is -1.30. The molecule has 1 saturated heterocycles. The lowest BCUT2D eigenvalue weighted by Gasteiger charge is -2.26. The Morgan fingerprint density at radius 2 is 2.20 bits per heavy atom. The molecular weight excluding hydrogens is 278 g/mol. The average molecular weight is 298 g/mol. The number of nitrogens with zero attached hydrogens (tertiary/aromatic N) is 1. The van der Waals surface area contributed by atoms with Crippen LogP contribution in [0.3, 0.4) is 0 Å². The summed E-state index contributed by atoms with van der Waals surface area (Å²) in [6.07, 6.45) is 0. The highest BCUT2D eigenvalue weighted by Gasteiger charge is 2.13. The molecule has 0 radical (unpaired) electrons. The van der Waals surface area contributed by atoms with Gasteiger partial charge in [-0.15, -0.1) is 0 Å². The van der Waals surface area contributed by atoms with Crippen LogP contribution in [0.15, 0.2) is 18.2 Å². The molecular formula is C14H20ClN3O2. The number of piperazine rings is 1. The molecule has 1 amide bonds. The van der Waals surface area contributed by atoms with E-state index in [1.165, 1.54) is 0 Å². The van der Waals surface area contributed by atoms with Crippen LogP contribution in [0.25, 0.3) is 0 Å². The number of amides is 1. The van der Waals surface area contributed by atoms with Gasteiger partial charge in [-0.05, 0) is 18.2 Å². The van der Waals surface area contributed by atoms with Gasteiger partial charge in [-0.3, -0.25) is 9.69 Å². The van der Waals surface area contributed by atoms with Crippen molar-refractivity contribution in [1.82, 2.24) is 15.5 Å². The highest BCUT2D eigenvalue weighted by molar-refractivity contribution is 6.30. The van der Waals surface area contributed by atoms with Crippen molar-refractivity contribution in [2.45, 2.75) is 6.54 Å². The van der Waals surface area contributed by atoms with Crippen LogP contribution in [0, 0.1) is 0 Å². The molecule has 2 rings (SSSR count). The molecule has 0 atom stereocenters. The van der Waals surface area contributed by atoms with Crippen LogP contribution < -0.4 is 15.4 Å². The molecule has 20 heavy (non-hydrogen) atoms. The highest BCUT2D eigenvalue weighted by atomic mass is 35.5. The molecule has 1 aliphatic heterocycles. The minimum atomic E-state index is 0.0222. The Balaban J connectivity index is 1.84. The maximum Gasteiger partial charge on any atom is 0.234 e. The molecule has 0 aliphatic carbocycles.